The van der Waals surface area contributed by atoms with Crippen molar-refractivity contribution in [2.45, 2.75) is 26.4 Å². The number of hydrogen-bond donors (Lipinski definition) is 0. The fourth-order valence-corrected chi connectivity index (χ4v) is 1.59. The summed E-state index contributed by atoms with van der Waals surface area (Å²) in [6, 6.07) is 3.50. The van der Waals surface area contributed by atoms with Crippen LogP contribution >= 0.6 is 0 Å². The van der Waals surface area contributed by atoms with Gasteiger partial charge < -0.3 is 4.74 Å². The van der Waals surface area contributed by atoms with Crippen LogP contribution < -0.4 is 0 Å². The molecule has 5 nitrogen and oxygen atoms in total. The monoisotopic (exact) mass is 259 g/mol. The van der Waals surface area contributed by atoms with Crippen molar-refractivity contribution in [2.24, 2.45) is 7.05 Å². The topological polar surface area (TPSA) is 57.0 Å². The minimum Gasteiger partial charge on any atom is -0.455 e. The molecule has 19 heavy (non-hydrogen) atoms. The van der Waals surface area contributed by atoms with Crippen LogP contribution in [0, 0.1) is 0 Å². The fourth-order valence-electron chi connectivity index (χ4n) is 1.59. The van der Waals surface area contributed by atoms with E-state index >= 15 is 0 Å². The first-order chi connectivity index (χ1) is 8.85. The normalized spacial score (nSPS) is 11.4. The highest BCUT2D eigenvalue weighted by Gasteiger charge is 2.18. The van der Waals surface area contributed by atoms with Crippen LogP contribution in [0.2, 0.25) is 0 Å². The minimum absolute atomic E-state index is 0.308. The van der Waals surface area contributed by atoms with E-state index in [0.29, 0.717) is 5.69 Å². The molecule has 2 aromatic heterocycles. The van der Waals surface area contributed by atoms with Crippen molar-refractivity contribution in [3.8, 4) is 11.1 Å². The first-order valence-corrected chi connectivity index (χ1v) is 6.03. The van der Waals surface area contributed by atoms with Gasteiger partial charge >= 0.3 is 5.97 Å². The van der Waals surface area contributed by atoms with Crippen molar-refractivity contribution in [2.75, 3.05) is 0 Å². The van der Waals surface area contributed by atoms with Crippen LogP contribution in [0.1, 0.15) is 31.3 Å². The van der Waals surface area contributed by atoms with Gasteiger partial charge in [-0.3, -0.25) is 4.68 Å². The predicted octanol–water partition coefficient (Wildman–Crippen LogP) is 2.44. The van der Waals surface area contributed by atoms with E-state index in [2.05, 4.69) is 10.1 Å². The van der Waals surface area contributed by atoms with Crippen LogP contribution in [0.5, 0.6) is 0 Å². The van der Waals surface area contributed by atoms with Gasteiger partial charge in [-0.1, -0.05) is 6.07 Å². The van der Waals surface area contributed by atoms with E-state index in [4.69, 9.17) is 4.74 Å². The summed E-state index contributed by atoms with van der Waals surface area (Å²) < 4.78 is 6.97. The number of esters is 1. The van der Waals surface area contributed by atoms with E-state index in [0.717, 1.165) is 11.1 Å². The molecule has 2 rings (SSSR count). The minimum atomic E-state index is -0.513. The molecule has 0 aliphatic heterocycles. The number of carbonyl (C=O) groups excluding carboxylic acids is 1. The first-order valence-electron chi connectivity index (χ1n) is 6.03. The maximum absolute atomic E-state index is 11.8. The SMILES string of the molecule is Cn1cc(-c2ccc(C(=O)OC(C)(C)C)nc2)cn1. The first kappa shape index (κ1) is 13.3. The molecule has 0 amide bonds. The maximum Gasteiger partial charge on any atom is 0.357 e. The highest BCUT2D eigenvalue weighted by molar-refractivity contribution is 5.87. The summed E-state index contributed by atoms with van der Waals surface area (Å²) in [7, 11) is 1.85. The summed E-state index contributed by atoms with van der Waals surface area (Å²) in [6.07, 6.45) is 5.30. The number of hydrogen-bond acceptors (Lipinski definition) is 4. The maximum atomic E-state index is 11.8. The molecule has 0 bridgehead atoms. The lowest BCUT2D eigenvalue weighted by Crippen LogP contribution is -2.24. The van der Waals surface area contributed by atoms with Crippen LogP contribution in [0.3, 0.4) is 0 Å². The number of carbonyl (C=O) groups is 1. The van der Waals surface area contributed by atoms with Gasteiger partial charge in [-0.2, -0.15) is 5.10 Å². The molecule has 0 aliphatic carbocycles. The zero-order chi connectivity index (χ0) is 14.0. The standard InChI is InChI=1S/C14H17N3O2/c1-14(2,3)19-13(18)12-6-5-10(7-15-12)11-8-16-17(4)9-11/h5-9H,1-4H3. The summed E-state index contributed by atoms with van der Waals surface area (Å²) >= 11 is 0. The summed E-state index contributed by atoms with van der Waals surface area (Å²) in [5, 5.41) is 4.10. The summed E-state index contributed by atoms with van der Waals surface area (Å²) in [4.78, 5) is 15.9. The Hall–Kier alpha value is -2.17. The van der Waals surface area contributed by atoms with Crippen LogP contribution in [0.25, 0.3) is 11.1 Å². The van der Waals surface area contributed by atoms with Crippen LogP contribution in [-0.2, 0) is 11.8 Å². The zero-order valence-electron chi connectivity index (χ0n) is 11.5. The van der Waals surface area contributed by atoms with Crippen molar-refractivity contribution >= 4 is 5.97 Å². The van der Waals surface area contributed by atoms with Gasteiger partial charge in [0.2, 0.25) is 0 Å². The number of aromatic nitrogens is 3. The number of ether oxygens (including phenoxy) is 1. The third kappa shape index (κ3) is 3.40. The number of rotatable bonds is 2. The highest BCUT2D eigenvalue weighted by atomic mass is 16.6. The van der Waals surface area contributed by atoms with Crippen LogP contribution in [-0.4, -0.2) is 26.3 Å². The molecule has 0 N–H and O–H groups in total. The molecule has 5 heteroatoms. The average Bonchev–Trinajstić information content (AvgIpc) is 2.74. The molecule has 0 fully saturated rings. The summed E-state index contributed by atoms with van der Waals surface area (Å²) in [5.41, 5.74) is 1.68. The van der Waals surface area contributed by atoms with E-state index in [-0.39, 0.29) is 0 Å². The highest BCUT2D eigenvalue weighted by Crippen LogP contribution is 2.18. The van der Waals surface area contributed by atoms with Gasteiger partial charge in [-0.25, -0.2) is 9.78 Å². The largest absolute Gasteiger partial charge is 0.455 e. The molecule has 0 radical (unpaired) electrons. The molecular formula is C14H17N3O2. The Bertz CT molecular complexity index is 579. The second-order valence-electron chi connectivity index (χ2n) is 5.34. The number of aryl methyl sites for hydroxylation is 1. The van der Waals surface area contributed by atoms with Crippen LogP contribution in [0.4, 0.5) is 0 Å². The Morgan fingerprint density at radius 2 is 1.95 bits per heavy atom. The Kier molecular flexibility index (Phi) is 3.38. The Morgan fingerprint density at radius 3 is 2.42 bits per heavy atom. The molecule has 0 saturated carbocycles. The van der Waals surface area contributed by atoms with Gasteiger partial charge in [0.15, 0.2) is 0 Å². The van der Waals surface area contributed by atoms with Gasteiger partial charge in [-0.15, -0.1) is 0 Å². The summed E-state index contributed by atoms with van der Waals surface area (Å²) in [6.45, 7) is 5.48. The van der Waals surface area contributed by atoms with Crippen LogP contribution in [0.15, 0.2) is 30.7 Å². The zero-order valence-corrected chi connectivity index (χ0v) is 11.5. The van der Waals surface area contributed by atoms with Crippen molar-refractivity contribution < 1.29 is 9.53 Å². The van der Waals surface area contributed by atoms with Gasteiger partial charge in [0.1, 0.15) is 11.3 Å². The van der Waals surface area contributed by atoms with Crippen molar-refractivity contribution in [3.05, 3.63) is 36.4 Å². The molecule has 0 aromatic carbocycles. The van der Waals surface area contributed by atoms with Gasteiger partial charge in [0.05, 0.1) is 6.20 Å². The number of pyridine rings is 1. The van der Waals surface area contributed by atoms with Gasteiger partial charge in [0, 0.05) is 30.6 Å². The Morgan fingerprint density at radius 1 is 1.21 bits per heavy atom. The van der Waals surface area contributed by atoms with E-state index in [1.165, 1.54) is 0 Å². The van der Waals surface area contributed by atoms with Gasteiger partial charge in [0.25, 0.3) is 0 Å². The molecule has 100 valence electrons. The molecule has 0 spiro atoms. The molecular weight excluding hydrogens is 242 g/mol. The average molecular weight is 259 g/mol. The quantitative estimate of drug-likeness (QED) is 0.777. The Balaban J connectivity index is 2.17. The lowest BCUT2D eigenvalue weighted by atomic mass is 10.1. The van der Waals surface area contributed by atoms with E-state index in [1.807, 2.05) is 40.1 Å². The molecule has 0 saturated heterocycles. The lowest BCUT2D eigenvalue weighted by Gasteiger charge is -2.19. The third-order valence-electron chi connectivity index (χ3n) is 2.41. The predicted molar refractivity (Wildman–Crippen MR) is 71.6 cm³/mol. The second kappa shape index (κ2) is 4.84. The van der Waals surface area contributed by atoms with Gasteiger partial charge in [-0.05, 0) is 26.8 Å². The van der Waals surface area contributed by atoms with E-state index in [9.17, 15) is 4.79 Å². The van der Waals surface area contributed by atoms with Crippen molar-refractivity contribution in [1.82, 2.24) is 14.8 Å². The smallest absolute Gasteiger partial charge is 0.357 e. The molecule has 0 aliphatic rings. The molecule has 0 atom stereocenters. The molecule has 0 unspecified atom stereocenters. The number of nitrogens with zero attached hydrogens (tertiary/aromatic N) is 3. The van der Waals surface area contributed by atoms with E-state index in [1.54, 1.807) is 23.1 Å². The molecule has 2 heterocycles. The van der Waals surface area contributed by atoms with Crippen molar-refractivity contribution in [1.29, 1.82) is 0 Å². The van der Waals surface area contributed by atoms with E-state index < -0.39 is 11.6 Å². The second-order valence-corrected chi connectivity index (χ2v) is 5.34. The van der Waals surface area contributed by atoms with Crippen molar-refractivity contribution in [3.63, 3.8) is 0 Å². The Labute approximate surface area is 112 Å². The summed E-state index contributed by atoms with van der Waals surface area (Å²) in [5.74, 6) is -0.412. The fraction of sp³-hybridized carbons (Fsp3) is 0.357. The molecule has 2 aromatic rings. The lowest BCUT2D eigenvalue weighted by molar-refractivity contribution is 0.00629. The third-order valence-corrected chi connectivity index (χ3v) is 2.41.